The smallest absolute Gasteiger partial charge is 0.256 e. The summed E-state index contributed by atoms with van der Waals surface area (Å²) in [7, 11) is 0. The molecule has 3 rings (SSSR count). The minimum Gasteiger partial charge on any atom is -0.325 e. The number of halogens is 1. The first-order valence-corrected chi connectivity index (χ1v) is 8.31. The molecular weight excluding hydrogens is 329 g/mol. The Kier molecular flexibility index (Phi) is 4.48. The van der Waals surface area contributed by atoms with Crippen LogP contribution in [0.15, 0.2) is 29.4 Å². The van der Waals surface area contributed by atoms with Crippen LogP contribution in [0.5, 0.6) is 0 Å². The van der Waals surface area contributed by atoms with Gasteiger partial charge in [-0.2, -0.15) is 0 Å². The van der Waals surface area contributed by atoms with Gasteiger partial charge in [0, 0.05) is 17.1 Å². The van der Waals surface area contributed by atoms with Gasteiger partial charge in [-0.1, -0.05) is 17.8 Å². The number of carbonyl (C=O) groups is 1. The predicted octanol–water partition coefficient (Wildman–Crippen LogP) is 2.92. The highest BCUT2D eigenvalue weighted by atomic mass is 32.2. The van der Waals surface area contributed by atoms with Crippen molar-refractivity contribution in [3.63, 3.8) is 0 Å². The zero-order valence-electron chi connectivity index (χ0n) is 13.5. The number of amides is 1. The molecule has 24 heavy (non-hydrogen) atoms. The van der Waals surface area contributed by atoms with Gasteiger partial charge >= 0.3 is 0 Å². The number of benzene rings is 1. The van der Waals surface area contributed by atoms with E-state index in [1.54, 1.807) is 23.5 Å². The summed E-state index contributed by atoms with van der Waals surface area (Å²) in [5.41, 5.74) is 2.79. The molecule has 3 aromatic rings. The molecule has 2 aromatic heterocycles. The average molecular weight is 345 g/mol. The summed E-state index contributed by atoms with van der Waals surface area (Å²) in [4.78, 5) is 16.4. The molecular formula is C16H16FN5OS. The van der Waals surface area contributed by atoms with Crippen LogP contribution in [0.3, 0.4) is 0 Å². The summed E-state index contributed by atoms with van der Waals surface area (Å²) < 4.78 is 15.3. The Morgan fingerprint density at radius 2 is 2.04 bits per heavy atom. The summed E-state index contributed by atoms with van der Waals surface area (Å²) in [6.45, 7) is 5.50. The molecule has 8 heteroatoms. The second-order valence-electron chi connectivity index (χ2n) is 5.46. The summed E-state index contributed by atoms with van der Waals surface area (Å²) in [5, 5.41) is 11.4. The molecule has 1 amide bonds. The monoisotopic (exact) mass is 345 g/mol. The maximum atomic E-state index is 13.5. The molecule has 0 unspecified atom stereocenters. The number of aryl methyl sites for hydroxylation is 3. The van der Waals surface area contributed by atoms with E-state index in [4.69, 9.17) is 0 Å². The Morgan fingerprint density at radius 3 is 2.79 bits per heavy atom. The number of rotatable bonds is 4. The van der Waals surface area contributed by atoms with Gasteiger partial charge in [-0.3, -0.25) is 9.20 Å². The molecule has 0 fully saturated rings. The predicted molar refractivity (Wildman–Crippen MR) is 90.7 cm³/mol. The second kappa shape index (κ2) is 6.56. The van der Waals surface area contributed by atoms with E-state index in [0.29, 0.717) is 22.2 Å². The quantitative estimate of drug-likeness (QED) is 0.736. The number of thioether (sulfide) groups is 1. The van der Waals surface area contributed by atoms with Gasteiger partial charge in [0.15, 0.2) is 5.16 Å². The fourth-order valence-electron chi connectivity index (χ4n) is 2.29. The standard InChI is InChI=1S/C16H16FN5OS/c1-9-4-5-12(7-13(9)17)19-14(23)8-24-16-21-20-15-18-10(2)6-11(3)22(15)16/h4-7H,8H2,1-3H3,(H,19,23). The molecule has 0 radical (unpaired) electrons. The zero-order valence-corrected chi connectivity index (χ0v) is 14.3. The van der Waals surface area contributed by atoms with Crippen molar-refractivity contribution in [3.8, 4) is 0 Å². The van der Waals surface area contributed by atoms with E-state index in [0.717, 1.165) is 11.4 Å². The van der Waals surface area contributed by atoms with Crippen molar-refractivity contribution < 1.29 is 9.18 Å². The summed E-state index contributed by atoms with van der Waals surface area (Å²) in [6.07, 6.45) is 0. The molecule has 6 nitrogen and oxygen atoms in total. The maximum absolute atomic E-state index is 13.5. The van der Waals surface area contributed by atoms with Crippen LogP contribution in [0.25, 0.3) is 5.78 Å². The Bertz CT molecular complexity index is 924. The van der Waals surface area contributed by atoms with Crippen LogP contribution in [0.4, 0.5) is 10.1 Å². The molecule has 2 heterocycles. The third-order valence-corrected chi connectivity index (χ3v) is 4.38. The molecule has 1 N–H and O–H groups in total. The highest BCUT2D eigenvalue weighted by Gasteiger charge is 2.12. The first-order valence-electron chi connectivity index (χ1n) is 7.32. The number of fused-ring (bicyclic) bond motifs is 1. The molecule has 0 aliphatic rings. The van der Waals surface area contributed by atoms with E-state index in [9.17, 15) is 9.18 Å². The van der Waals surface area contributed by atoms with E-state index in [1.165, 1.54) is 17.8 Å². The SMILES string of the molecule is Cc1cc(C)n2c(SCC(=O)Nc3ccc(C)c(F)c3)nnc2n1. The molecule has 0 spiro atoms. The van der Waals surface area contributed by atoms with Crippen LogP contribution in [0, 0.1) is 26.6 Å². The molecule has 0 atom stereocenters. The molecule has 0 aliphatic heterocycles. The lowest BCUT2D eigenvalue weighted by Crippen LogP contribution is -2.14. The Labute approximate surface area is 142 Å². The first kappa shape index (κ1) is 16.4. The summed E-state index contributed by atoms with van der Waals surface area (Å²) >= 11 is 1.25. The summed E-state index contributed by atoms with van der Waals surface area (Å²) in [5.74, 6) is 0.0681. The van der Waals surface area contributed by atoms with Gasteiger partial charge < -0.3 is 5.32 Å². The van der Waals surface area contributed by atoms with Crippen molar-refractivity contribution >= 4 is 29.1 Å². The molecule has 124 valence electrons. The fourth-order valence-corrected chi connectivity index (χ4v) is 3.08. The van der Waals surface area contributed by atoms with E-state index >= 15 is 0 Å². The number of anilines is 1. The number of carbonyl (C=O) groups excluding carboxylic acids is 1. The van der Waals surface area contributed by atoms with Crippen molar-refractivity contribution in [1.29, 1.82) is 0 Å². The minimum atomic E-state index is -0.346. The van der Waals surface area contributed by atoms with Gasteiger partial charge in [-0.15, -0.1) is 10.2 Å². The van der Waals surface area contributed by atoms with Crippen molar-refractivity contribution in [2.24, 2.45) is 0 Å². The Balaban J connectivity index is 1.69. The van der Waals surface area contributed by atoms with Gasteiger partial charge in [0.2, 0.25) is 5.91 Å². The largest absolute Gasteiger partial charge is 0.325 e. The molecule has 0 saturated heterocycles. The molecule has 1 aromatic carbocycles. The Hall–Kier alpha value is -2.48. The van der Waals surface area contributed by atoms with Crippen LogP contribution in [0.2, 0.25) is 0 Å². The van der Waals surface area contributed by atoms with Gasteiger partial charge in [-0.05, 0) is 44.5 Å². The lowest BCUT2D eigenvalue weighted by Gasteiger charge is -2.06. The van der Waals surface area contributed by atoms with Crippen LogP contribution in [0.1, 0.15) is 17.0 Å². The van der Waals surface area contributed by atoms with Crippen molar-refractivity contribution in [1.82, 2.24) is 19.6 Å². The van der Waals surface area contributed by atoms with Gasteiger partial charge in [0.25, 0.3) is 5.78 Å². The van der Waals surface area contributed by atoms with E-state index in [-0.39, 0.29) is 17.5 Å². The minimum absolute atomic E-state index is 0.142. The van der Waals surface area contributed by atoms with E-state index < -0.39 is 0 Å². The zero-order chi connectivity index (χ0) is 17.3. The average Bonchev–Trinajstić information content (AvgIpc) is 2.92. The van der Waals surface area contributed by atoms with Crippen molar-refractivity contribution in [2.45, 2.75) is 25.9 Å². The van der Waals surface area contributed by atoms with Crippen LogP contribution >= 0.6 is 11.8 Å². The fraction of sp³-hybridized carbons (Fsp3) is 0.250. The van der Waals surface area contributed by atoms with Crippen LogP contribution in [-0.2, 0) is 4.79 Å². The number of hydrogen-bond acceptors (Lipinski definition) is 5. The highest BCUT2D eigenvalue weighted by molar-refractivity contribution is 7.99. The number of nitrogens with one attached hydrogen (secondary N) is 1. The lowest BCUT2D eigenvalue weighted by atomic mass is 10.2. The third kappa shape index (κ3) is 3.38. The van der Waals surface area contributed by atoms with Gasteiger partial charge in [0.1, 0.15) is 5.82 Å². The number of hydrogen-bond donors (Lipinski definition) is 1. The second-order valence-corrected chi connectivity index (χ2v) is 6.40. The van der Waals surface area contributed by atoms with Crippen LogP contribution < -0.4 is 5.32 Å². The molecule has 0 bridgehead atoms. The van der Waals surface area contributed by atoms with Crippen molar-refractivity contribution in [2.75, 3.05) is 11.1 Å². The molecule has 0 saturated carbocycles. The van der Waals surface area contributed by atoms with E-state index in [2.05, 4.69) is 20.5 Å². The maximum Gasteiger partial charge on any atom is 0.256 e. The van der Waals surface area contributed by atoms with Crippen molar-refractivity contribution in [3.05, 3.63) is 47.0 Å². The highest BCUT2D eigenvalue weighted by Crippen LogP contribution is 2.19. The first-order chi connectivity index (χ1) is 11.4. The van der Waals surface area contributed by atoms with Gasteiger partial charge in [0.05, 0.1) is 5.75 Å². The molecule has 0 aliphatic carbocycles. The summed E-state index contributed by atoms with van der Waals surface area (Å²) in [6, 6.07) is 6.53. The number of aromatic nitrogens is 4. The van der Waals surface area contributed by atoms with Gasteiger partial charge in [-0.25, -0.2) is 9.37 Å². The topological polar surface area (TPSA) is 72.2 Å². The Morgan fingerprint density at radius 1 is 1.25 bits per heavy atom. The lowest BCUT2D eigenvalue weighted by molar-refractivity contribution is -0.113. The normalized spacial score (nSPS) is 11.0. The van der Waals surface area contributed by atoms with E-state index in [1.807, 2.05) is 19.9 Å². The third-order valence-electron chi connectivity index (χ3n) is 3.45. The van der Waals surface area contributed by atoms with Crippen LogP contribution in [-0.4, -0.2) is 31.2 Å². The number of nitrogens with zero attached hydrogens (tertiary/aromatic N) is 4.